The van der Waals surface area contributed by atoms with Crippen LogP contribution in [0.15, 0.2) is 200 Å². The highest BCUT2D eigenvalue weighted by molar-refractivity contribution is 6.18. The van der Waals surface area contributed by atoms with Crippen LogP contribution in [0.25, 0.3) is 99.0 Å². The van der Waals surface area contributed by atoms with Crippen LogP contribution in [0, 0.1) is 5.92 Å². The Hall–Kier alpha value is -7.42. The first-order chi connectivity index (χ1) is 30.5. The van der Waals surface area contributed by atoms with Crippen molar-refractivity contribution >= 4 is 71.1 Å². The van der Waals surface area contributed by atoms with Gasteiger partial charge in [-0.25, -0.2) is 0 Å². The molecular weight excluding hydrogens is 749 g/mol. The van der Waals surface area contributed by atoms with E-state index in [4.69, 9.17) is 0 Å². The third kappa shape index (κ3) is 5.16. The minimum Gasteiger partial charge on any atom is -0.331 e. The summed E-state index contributed by atoms with van der Waals surface area (Å²) in [5, 5.41) is 7.71. The fraction of sp³-hybridized carbons (Fsp3) is 0.100. The normalized spacial score (nSPS) is 18.2. The minimum absolute atomic E-state index is 0.217. The van der Waals surface area contributed by atoms with Gasteiger partial charge in [-0.05, 0) is 130 Å². The lowest BCUT2D eigenvalue weighted by Gasteiger charge is -2.32. The van der Waals surface area contributed by atoms with Gasteiger partial charge >= 0.3 is 0 Å². The van der Waals surface area contributed by atoms with Crippen LogP contribution in [-0.2, 0) is 5.54 Å². The van der Waals surface area contributed by atoms with Gasteiger partial charge < -0.3 is 9.13 Å². The van der Waals surface area contributed by atoms with Gasteiger partial charge in [0.15, 0.2) is 0 Å². The van der Waals surface area contributed by atoms with Crippen LogP contribution in [0.2, 0.25) is 0 Å². The van der Waals surface area contributed by atoms with Crippen LogP contribution in [0.5, 0.6) is 0 Å². The lowest BCUT2D eigenvalue weighted by atomic mass is 9.80. The number of benzene rings is 8. The number of rotatable bonds is 4. The fourth-order valence-corrected chi connectivity index (χ4v) is 11.2. The summed E-state index contributed by atoms with van der Waals surface area (Å²) in [7, 11) is 0. The molecule has 2 nitrogen and oxygen atoms in total. The SMILES string of the molecule is CC1CC=CC2=C1c1cc(-c3ccccc3)ccc1-n1c3ccc(-c4ccc5c(c4)c4ccccc4n5C4(C)C=CC(c5ccc6ccccc6c5)=CC4)cc3c3cccc2c31. The van der Waals surface area contributed by atoms with E-state index in [9.17, 15) is 0 Å². The number of allylic oxidation sites excluding steroid dienone is 8. The van der Waals surface area contributed by atoms with Crippen molar-refractivity contribution in [2.75, 3.05) is 0 Å². The summed E-state index contributed by atoms with van der Waals surface area (Å²) < 4.78 is 5.13. The van der Waals surface area contributed by atoms with Crippen LogP contribution in [-0.4, -0.2) is 9.13 Å². The first-order valence-corrected chi connectivity index (χ1v) is 22.1. The van der Waals surface area contributed by atoms with Crippen molar-refractivity contribution in [1.82, 2.24) is 9.13 Å². The Labute approximate surface area is 361 Å². The molecule has 10 aromatic rings. The van der Waals surface area contributed by atoms with E-state index in [0.717, 1.165) is 12.8 Å². The molecule has 2 aliphatic carbocycles. The van der Waals surface area contributed by atoms with Gasteiger partial charge in [0.25, 0.3) is 0 Å². The second-order valence-electron chi connectivity index (χ2n) is 17.9. The summed E-state index contributed by atoms with van der Waals surface area (Å²) in [6.45, 7) is 4.77. The molecule has 2 unspecified atom stereocenters. The average Bonchev–Trinajstić information content (AvgIpc) is 3.80. The van der Waals surface area contributed by atoms with Crippen molar-refractivity contribution in [1.29, 1.82) is 0 Å². The zero-order valence-corrected chi connectivity index (χ0v) is 34.9. The number of hydrogen-bond acceptors (Lipinski definition) is 0. The molecule has 3 heterocycles. The molecule has 0 fully saturated rings. The van der Waals surface area contributed by atoms with Crippen LogP contribution >= 0.6 is 0 Å². The molecule has 0 N–H and O–H groups in total. The number of para-hydroxylation sites is 2. The van der Waals surface area contributed by atoms with Crippen molar-refractivity contribution in [3.05, 3.63) is 217 Å². The second kappa shape index (κ2) is 13.3. The maximum absolute atomic E-state index is 2.58. The van der Waals surface area contributed by atoms with E-state index in [-0.39, 0.29) is 5.54 Å². The number of aromatic nitrogens is 2. The molecule has 0 spiro atoms. The molecule has 8 aromatic carbocycles. The van der Waals surface area contributed by atoms with E-state index in [2.05, 4.69) is 223 Å². The number of nitrogens with zero attached hydrogens (tertiary/aromatic N) is 2. The second-order valence-corrected chi connectivity index (χ2v) is 17.9. The lowest BCUT2D eigenvalue weighted by Crippen LogP contribution is -2.28. The topological polar surface area (TPSA) is 9.86 Å². The summed E-state index contributed by atoms with van der Waals surface area (Å²) in [6, 6.07) is 63.6. The molecule has 1 aliphatic heterocycles. The van der Waals surface area contributed by atoms with Crippen LogP contribution in [0.3, 0.4) is 0 Å². The molecule has 0 radical (unpaired) electrons. The largest absolute Gasteiger partial charge is 0.331 e. The molecule has 2 atom stereocenters. The molecule has 0 bridgehead atoms. The molecule has 294 valence electrons. The predicted octanol–water partition coefficient (Wildman–Crippen LogP) is 16.0. The summed E-state index contributed by atoms with van der Waals surface area (Å²) in [5.74, 6) is 0.416. The molecule has 0 saturated carbocycles. The van der Waals surface area contributed by atoms with Crippen molar-refractivity contribution < 1.29 is 0 Å². The Balaban J connectivity index is 0.942. The van der Waals surface area contributed by atoms with Crippen LogP contribution < -0.4 is 0 Å². The fourth-order valence-electron chi connectivity index (χ4n) is 11.2. The number of hydrogen-bond donors (Lipinski definition) is 0. The Morgan fingerprint density at radius 2 is 1.21 bits per heavy atom. The Morgan fingerprint density at radius 3 is 2.05 bits per heavy atom. The summed E-state index contributed by atoms with van der Waals surface area (Å²) >= 11 is 0. The molecule has 0 saturated heterocycles. The lowest BCUT2D eigenvalue weighted by molar-refractivity contribution is 0.438. The third-order valence-corrected chi connectivity index (χ3v) is 14.2. The quantitative estimate of drug-likeness (QED) is 0.168. The molecule has 0 amide bonds. The summed E-state index contributed by atoms with van der Waals surface area (Å²) in [5.41, 5.74) is 19.1. The minimum atomic E-state index is -0.217. The third-order valence-electron chi connectivity index (χ3n) is 14.2. The van der Waals surface area contributed by atoms with Gasteiger partial charge in [0.2, 0.25) is 0 Å². The van der Waals surface area contributed by atoms with Crippen molar-refractivity contribution in [3.63, 3.8) is 0 Å². The van der Waals surface area contributed by atoms with E-state index in [0.29, 0.717) is 5.92 Å². The van der Waals surface area contributed by atoms with E-state index < -0.39 is 0 Å². The van der Waals surface area contributed by atoms with Gasteiger partial charge in [0, 0.05) is 43.7 Å². The van der Waals surface area contributed by atoms with E-state index in [1.54, 1.807) is 0 Å². The van der Waals surface area contributed by atoms with Crippen molar-refractivity contribution in [2.45, 2.75) is 32.2 Å². The predicted molar refractivity (Wildman–Crippen MR) is 264 cm³/mol. The maximum Gasteiger partial charge on any atom is 0.0643 e. The van der Waals surface area contributed by atoms with Crippen molar-refractivity contribution in [3.8, 4) is 27.9 Å². The van der Waals surface area contributed by atoms with Crippen LogP contribution in [0.1, 0.15) is 43.4 Å². The first-order valence-electron chi connectivity index (χ1n) is 22.1. The standard InChI is InChI=1S/C60H44N2/c1-38-12-10-18-48-49-19-11-20-50-52-36-45(25-27-54(52)61(59(49)50)55-28-24-44(37-53(55)58(38)48)39-13-4-3-5-14-39)46-26-29-57-51(35-46)47-17-8-9-21-56(47)62(57)60(2)32-30-41(31-33-60)43-23-22-40-15-6-7-16-42(40)34-43/h3-11,13-32,34-38H,12,33H2,1-2H3. The average molecular weight is 793 g/mol. The molecule has 2 heteroatoms. The number of fused-ring (bicyclic) bond motifs is 11. The maximum atomic E-state index is 2.58. The Kier molecular flexibility index (Phi) is 7.58. The van der Waals surface area contributed by atoms with E-state index in [1.807, 2.05) is 0 Å². The summed E-state index contributed by atoms with van der Waals surface area (Å²) in [6.07, 6.45) is 13.9. The zero-order chi connectivity index (χ0) is 41.1. The first kappa shape index (κ1) is 35.3. The highest BCUT2D eigenvalue weighted by Gasteiger charge is 2.31. The van der Waals surface area contributed by atoms with Gasteiger partial charge in [0.05, 0.1) is 22.3 Å². The van der Waals surface area contributed by atoms with Gasteiger partial charge in [-0.3, -0.25) is 0 Å². The van der Waals surface area contributed by atoms with Gasteiger partial charge in [0.1, 0.15) is 0 Å². The highest BCUT2D eigenvalue weighted by atomic mass is 15.1. The monoisotopic (exact) mass is 792 g/mol. The zero-order valence-electron chi connectivity index (χ0n) is 34.9. The van der Waals surface area contributed by atoms with Gasteiger partial charge in [-0.2, -0.15) is 0 Å². The summed E-state index contributed by atoms with van der Waals surface area (Å²) in [4.78, 5) is 0. The van der Waals surface area contributed by atoms with Crippen LogP contribution in [0.4, 0.5) is 0 Å². The van der Waals surface area contributed by atoms with Gasteiger partial charge in [-0.1, -0.05) is 159 Å². The highest BCUT2D eigenvalue weighted by Crippen LogP contribution is 2.49. The molecule has 62 heavy (non-hydrogen) atoms. The molecule has 2 aromatic heterocycles. The van der Waals surface area contributed by atoms with E-state index >= 15 is 0 Å². The molecular formula is C60H44N2. The Morgan fingerprint density at radius 1 is 0.516 bits per heavy atom. The Bertz CT molecular complexity index is 3660. The smallest absolute Gasteiger partial charge is 0.0643 e. The van der Waals surface area contributed by atoms with Gasteiger partial charge in [-0.15, -0.1) is 0 Å². The van der Waals surface area contributed by atoms with E-state index in [1.165, 1.54) is 116 Å². The molecule has 13 rings (SSSR count). The molecule has 3 aliphatic rings. The van der Waals surface area contributed by atoms with Crippen molar-refractivity contribution in [2.24, 2.45) is 5.92 Å².